The Bertz CT molecular complexity index is 554. The molecule has 0 spiro atoms. The molecular formula is C10H7ClN2O2S2. The van der Waals surface area contributed by atoms with E-state index in [1.165, 1.54) is 11.8 Å². The minimum atomic E-state index is -0.948. The van der Waals surface area contributed by atoms with Crippen molar-refractivity contribution in [1.82, 2.24) is 9.97 Å². The fourth-order valence-corrected chi connectivity index (χ4v) is 3.15. The topological polar surface area (TPSA) is 63.1 Å². The van der Waals surface area contributed by atoms with Gasteiger partial charge in [-0.1, -0.05) is 22.9 Å². The van der Waals surface area contributed by atoms with Gasteiger partial charge < -0.3 is 5.11 Å². The normalized spacial score (nSPS) is 10.5. The van der Waals surface area contributed by atoms with E-state index in [2.05, 4.69) is 9.97 Å². The van der Waals surface area contributed by atoms with Crippen molar-refractivity contribution < 1.29 is 9.90 Å². The Morgan fingerprint density at radius 1 is 1.53 bits per heavy atom. The molecule has 88 valence electrons. The Morgan fingerprint density at radius 2 is 2.29 bits per heavy atom. The van der Waals surface area contributed by atoms with Crippen molar-refractivity contribution in [3.8, 4) is 0 Å². The minimum Gasteiger partial charge on any atom is -0.477 e. The van der Waals surface area contributed by atoms with Crippen molar-refractivity contribution in [2.75, 3.05) is 0 Å². The Morgan fingerprint density at radius 3 is 2.82 bits per heavy atom. The van der Waals surface area contributed by atoms with Gasteiger partial charge in [-0.2, -0.15) is 0 Å². The molecule has 17 heavy (non-hydrogen) atoms. The lowest BCUT2D eigenvalue weighted by molar-refractivity contribution is 0.0701. The molecule has 0 atom stereocenters. The minimum absolute atomic E-state index is 0.265. The van der Waals surface area contributed by atoms with E-state index >= 15 is 0 Å². The molecule has 0 aliphatic carbocycles. The van der Waals surface area contributed by atoms with Crippen molar-refractivity contribution in [1.29, 1.82) is 0 Å². The molecular weight excluding hydrogens is 280 g/mol. The molecule has 2 aromatic heterocycles. The van der Waals surface area contributed by atoms with Gasteiger partial charge in [0.25, 0.3) is 0 Å². The summed E-state index contributed by atoms with van der Waals surface area (Å²) in [7, 11) is 0. The number of carbonyl (C=O) groups is 1. The van der Waals surface area contributed by atoms with Gasteiger partial charge in [0, 0.05) is 6.20 Å². The molecule has 1 N–H and O–H groups in total. The lowest BCUT2D eigenvalue weighted by Crippen LogP contribution is -1.94. The van der Waals surface area contributed by atoms with Crippen LogP contribution in [0.2, 0.25) is 5.02 Å². The van der Waals surface area contributed by atoms with Gasteiger partial charge in [0.2, 0.25) is 0 Å². The highest BCUT2D eigenvalue weighted by Crippen LogP contribution is 2.32. The lowest BCUT2D eigenvalue weighted by Gasteiger charge is -1.95. The molecule has 0 unspecified atom stereocenters. The molecule has 0 aliphatic heterocycles. The molecule has 2 heterocycles. The smallest absolute Gasteiger partial charge is 0.347 e. The number of aromatic carboxylic acids is 1. The number of rotatable bonds is 3. The van der Waals surface area contributed by atoms with Gasteiger partial charge in [-0.3, -0.25) is 0 Å². The van der Waals surface area contributed by atoms with E-state index in [1.54, 1.807) is 25.3 Å². The standard InChI is InChI=1S/C10H7ClN2O2S2/c1-5-8(9(14)15)17-10(13-5)16-7-3-2-6(11)4-12-7/h2-4H,1H3,(H,14,15). The summed E-state index contributed by atoms with van der Waals surface area (Å²) in [5, 5.41) is 10.2. The summed E-state index contributed by atoms with van der Waals surface area (Å²) < 4.78 is 0.662. The van der Waals surface area contributed by atoms with Gasteiger partial charge in [0.15, 0.2) is 4.34 Å². The number of hydrogen-bond donors (Lipinski definition) is 1. The van der Waals surface area contributed by atoms with Gasteiger partial charge in [-0.05, 0) is 30.8 Å². The molecule has 7 heteroatoms. The van der Waals surface area contributed by atoms with Crippen molar-refractivity contribution in [2.24, 2.45) is 0 Å². The molecule has 2 rings (SSSR count). The zero-order valence-corrected chi connectivity index (χ0v) is 11.1. The van der Waals surface area contributed by atoms with E-state index in [0.29, 0.717) is 15.1 Å². The maximum absolute atomic E-state index is 10.9. The zero-order chi connectivity index (χ0) is 12.4. The van der Waals surface area contributed by atoms with Crippen LogP contribution in [0.15, 0.2) is 27.7 Å². The number of pyridine rings is 1. The number of thiazole rings is 1. The fraction of sp³-hybridized carbons (Fsp3) is 0.100. The van der Waals surface area contributed by atoms with Crippen LogP contribution in [0, 0.1) is 6.92 Å². The van der Waals surface area contributed by atoms with Crippen LogP contribution in [-0.4, -0.2) is 21.0 Å². The van der Waals surface area contributed by atoms with Crippen LogP contribution in [0.25, 0.3) is 0 Å². The fourth-order valence-electron chi connectivity index (χ4n) is 1.13. The number of halogens is 1. The summed E-state index contributed by atoms with van der Waals surface area (Å²) in [6, 6.07) is 3.50. The average Bonchev–Trinajstić information content (AvgIpc) is 2.63. The molecule has 0 fully saturated rings. The third-order valence-corrected chi connectivity index (χ3v) is 4.24. The first-order valence-corrected chi connectivity index (χ1v) is 6.57. The Balaban J connectivity index is 2.22. The molecule has 2 aromatic rings. The van der Waals surface area contributed by atoms with Gasteiger partial charge in [0.05, 0.1) is 10.7 Å². The van der Waals surface area contributed by atoms with Crippen LogP contribution in [0.5, 0.6) is 0 Å². The summed E-state index contributed by atoms with van der Waals surface area (Å²) in [6.07, 6.45) is 1.54. The first kappa shape index (κ1) is 12.3. The van der Waals surface area contributed by atoms with E-state index in [9.17, 15) is 4.79 Å². The van der Waals surface area contributed by atoms with Gasteiger partial charge in [0.1, 0.15) is 9.90 Å². The van der Waals surface area contributed by atoms with Crippen molar-refractivity contribution in [2.45, 2.75) is 16.3 Å². The predicted octanol–water partition coefficient (Wildman–Crippen LogP) is 3.35. The maximum atomic E-state index is 10.9. The van der Waals surface area contributed by atoms with Crippen molar-refractivity contribution >= 4 is 40.7 Å². The van der Waals surface area contributed by atoms with Crippen LogP contribution >= 0.6 is 34.7 Å². The van der Waals surface area contributed by atoms with E-state index in [1.807, 2.05) is 0 Å². The van der Waals surface area contributed by atoms with Gasteiger partial charge in [-0.15, -0.1) is 0 Å². The van der Waals surface area contributed by atoms with Crippen molar-refractivity contribution in [3.63, 3.8) is 0 Å². The largest absolute Gasteiger partial charge is 0.477 e. The number of nitrogens with zero attached hydrogens (tertiary/aromatic N) is 2. The lowest BCUT2D eigenvalue weighted by atomic mass is 10.4. The number of carboxylic acids is 1. The molecule has 0 amide bonds. The number of carboxylic acid groups (broad SMARTS) is 1. The molecule has 0 bridgehead atoms. The van der Waals surface area contributed by atoms with E-state index in [-0.39, 0.29) is 4.88 Å². The Hall–Kier alpha value is -1.11. The second-order valence-corrected chi connectivity index (χ2v) is 5.82. The van der Waals surface area contributed by atoms with Crippen LogP contribution in [0.4, 0.5) is 0 Å². The van der Waals surface area contributed by atoms with Gasteiger partial charge in [-0.25, -0.2) is 14.8 Å². The third kappa shape index (κ3) is 2.96. The predicted molar refractivity (Wildman–Crippen MR) is 67.2 cm³/mol. The second-order valence-electron chi connectivity index (χ2n) is 3.12. The van der Waals surface area contributed by atoms with Crippen LogP contribution < -0.4 is 0 Å². The highest BCUT2D eigenvalue weighted by atomic mass is 35.5. The number of aryl methyl sites for hydroxylation is 1. The highest BCUT2D eigenvalue weighted by molar-refractivity contribution is 8.01. The third-order valence-electron chi connectivity index (χ3n) is 1.86. The summed E-state index contributed by atoms with van der Waals surface area (Å²) in [6.45, 7) is 1.68. The molecule has 0 saturated carbocycles. The number of hydrogen-bond acceptors (Lipinski definition) is 5. The van der Waals surface area contributed by atoms with Crippen LogP contribution in [0.3, 0.4) is 0 Å². The maximum Gasteiger partial charge on any atom is 0.347 e. The SMILES string of the molecule is Cc1nc(Sc2ccc(Cl)cn2)sc1C(=O)O. The Labute approximate surface area is 111 Å². The summed E-state index contributed by atoms with van der Waals surface area (Å²) in [5.41, 5.74) is 0.527. The molecule has 4 nitrogen and oxygen atoms in total. The van der Waals surface area contributed by atoms with E-state index < -0.39 is 5.97 Å². The Kier molecular flexibility index (Phi) is 3.66. The number of aromatic nitrogens is 2. The second kappa shape index (κ2) is 5.03. The van der Waals surface area contributed by atoms with Crippen molar-refractivity contribution in [3.05, 3.63) is 33.9 Å². The van der Waals surface area contributed by atoms with E-state index in [0.717, 1.165) is 16.4 Å². The summed E-state index contributed by atoms with van der Waals surface area (Å²) in [4.78, 5) is 19.4. The van der Waals surface area contributed by atoms with E-state index in [4.69, 9.17) is 16.7 Å². The first-order chi connectivity index (χ1) is 8.06. The summed E-state index contributed by atoms with van der Waals surface area (Å²) >= 11 is 8.19. The molecule has 0 saturated heterocycles. The van der Waals surface area contributed by atoms with Crippen LogP contribution in [0.1, 0.15) is 15.4 Å². The molecule has 0 aliphatic rings. The summed E-state index contributed by atoms with van der Waals surface area (Å²) in [5.74, 6) is -0.948. The first-order valence-electron chi connectivity index (χ1n) is 4.56. The average molecular weight is 287 g/mol. The quantitative estimate of drug-likeness (QED) is 0.937. The zero-order valence-electron chi connectivity index (χ0n) is 8.68. The molecule has 0 aromatic carbocycles. The molecule has 0 radical (unpaired) electrons. The van der Waals surface area contributed by atoms with Crippen LogP contribution in [-0.2, 0) is 0 Å². The highest BCUT2D eigenvalue weighted by Gasteiger charge is 2.14. The monoisotopic (exact) mass is 286 g/mol. The van der Waals surface area contributed by atoms with Gasteiger partial charge >= 0.3 is 5.97 Å².